The predicted molar refractivity (Wildman–Crippen MR) is 78.2 cm³/mol. The summed E-state index contributed by atoms with van der Waals surface area (Å²) in [6.07, 6.45) is 7.27. The molecule has 0 rings (SSSR count). The minimum Gasteiger partial charge on any atom is -0.381 e. The van der Waals surface area contributed by atoms with Crippen LogP contribution in [0.1, 0.15) is 52.4 Å². The van der Waals surface area contributed by atoms with E-state index in [1.165, 1.54) is 32.1 Å². The molecule has 0 aliphatic carbocycles. The van der Waals surface area contributed by atoms with Crippen molar-refractivity contribution in [3.05, 3.63) is 0 Å². The van der Waals surface area contributed by atoms with E-state index in [1.807, 2.05) is 0 Å². The van der Waals surface area contributed by atoms with Gasteiger partial charge in [0.15, 0.2) is 0 Å². The number of unbranched alkanes of at least 4 members (excludes halogenated alkanes) is 3. The molecule has 3 heteroatoms. The van der Waals surface area contributed by atoms with Gasteiger partial charge >= 0.3 is 0 Å². The van der Waals surface area contributed by atoms with E-state index in [4.69, 9.17) is 9.47 Å². The number of hydrogen-bond acceptors (Lipinski definition) is 3. The normalized spacial score (nSPS) is 11.3. The first kappa shape index (κ1) is 17.9. The zero-order chi connectivity index (χ0) is 13.5. The summed E-state index contributed by atoms with van der Waals surface area (Å²) in [4.78, 5) is 2.32. The van der Waals surface area contributed by atoms with Crippen LogP contribution in [0, 0.1) is 0 Å². The molecule has 0 fully saturated rings. The second kappa shape index (κ2) is 14.9. The molecule has 0 amide bonds. The van der Waals surface area contributed by atoms with Crippen molar-refractivity contribution in [3.63, 3.8) is 0 Å². The van der Waals surface area contributed by atoms with Crippen molar-refractivity contribution >= 4 is 0 Å². The van der Waals surface area contributed by atoms with E-state index in [2.05, 4.69) is 25.8 Å². The Balaban J connectivity index is 3.09. The number of hydrogen-bond donors (Lipinski definition) is 0. The molecule has 0 aromatic rings. The molecule has 0 aromatic carbocycles. The average molecular weight is 259 g/mol. The van der Waals surface area contributed by atoms with Gasteiger partial charge in [0.25, 0.3) is 0 Å². The molecule has 0 atom stereocenters. The lowest BCUT2D eigenvalue weighted by molar-refractivity contribution is 0.0969. The van der Waals surface area contributed by atoms with Gasteiger partial charge in [-0.1, -0.05) is 33.1 Å². The maximum absolute atomic E-state index is 5.59. The van der Waals surface area contributed by atoms with Crippen LogP contribution in [-0.2, 0) is 9.47 Å². The van der Waals surface area contributed by atoms with E-state index in [0.717, 1.165) is 45.9 Å². The van der Waals surface area contributed by atoms with Crippen LogP contribution in [0.3, 0.4) is 0 Å². The van der Waals surface area contributed by atoms with Gasteiger partial charge in [0.2, 0.25) is 0 Å². The van der Waals surface area contributed by atoms with Crippen LogP contribution < -0.4 is 0 Å². The highest BCUT2D eigenvalue weighted by molar-refractivity contribution is 4.51. The summed E-state index contributed by atoms with van der Waals surface area (Å²) in [7, 11) is 2.15. The minimum atomic E-state index is 0.855. The lowest BCUT2D eigenvalue weighted by Gasteiger charge is -2.16. The fraction of sp³-hybridized carbons (Fsp3) is 1.00. The molecule has 0 heterocycles. The van der Waals surface area contributed by atoms with Crippen molar-refractivity contribution in [1.82, 2.24) is 4.90 Å². The third-order valence-corrected chi connectivity index (χ3v) is 2.98. The number of rotatable bonds is 14. The lowest BCUT2D eigenvalue weighted by Crippen LogP contribution is -2.25. The molecular weight excluding hydrogens is 226 g/mol. The summed E-state index contributed by atoms with van der Waals surface area (Å²) in [5.41, 5.74) is 0. The van der Waals surface area contributed by atoms with E-state index >= 15 is 0 Å². The van der Waals surface area contributed by atoms with Crippen molar-refractivity contribution in [1.29, 1.82) is 0 Å². The van der Waals surface area contributed by atoms with Crippen LogP contribution in [0.5, 0.6) is 0 Å². The van der Waals surface area contributed by atoms with E-state index in [9.17, 15) is 0 Å². The summed E-state index contributed by atoms with van der Waals surface area (Å²) < 4.78 is 11.1. The molecule has 3 nitrogen and oxygen atoms in total. The Morgan fingerprint density at radius 1 is 0.667 bits per heavy atom. The van der Waals surface area contributed by atoms with E-state index < -0.39 is 0 Å². The quantitative estimate of drug-likeness (QED) is 0.447. The van der Waals surface area contributed by atoms with Gasteiger partial charge in [0.1, 0.15) is 0 Å². The molecule has 0 radical (unpaired) electrons. The molecule has 0 bridgehead atoms. The van der Waals surface area contributed by atoms with Crippen LogP contribution in [0.25, 0.3) is 0 Å². The van der Waals surface area contributed by atoms with Crippen molar-refractivity contribution < 1.29 is 9.47 Å². The highest BCUT2D eigenvalue weighted by atomic mass is 16.5. The van der Waals surface area contributed by atoms with Gasteiger partial charge in [-0.15, -0.1) is 0 Å². The largest absolute Gasteiger partial charge is 0.381 e. The second-order valence-corrected chi connectivity index (χ2v) is 4.94. The molecular formula is C15H33NO2. The molecule has 0 aliphatic heterocycles. The van der Waals surface area contributed by atoms with Gasteiger partial charge < -0.3 is 14.4 Å². The Kier molecular flexibility index (Phi) is 14.8. The van der Waals surface area contributed by atoms with Crippen LogP contribution in [-0.4, -0.2) is 51.5 Å². The standard InChI is InChI=1S/C15H33NO2/c1-4-6-8-13-17-14-9-10-16(3)11-15-18-12-7-5-2/h4-15H2,1-3H3. The summed E-state index contributed by atoms with van der Waals surface area (Å²) in [5, 5.41) is 0. The zero-order valence-corrected chi connectivity index (χ0v) is 12.7. The average Bonchev–Trinajstić information content (AvgIpc) is 2.37. The molecule has 0 aromatic heterocycles. The number of nitrogens with zero attached hydrogens (tertiary/aromatic N) is 1. The summed E-state index contributed by atoms with van der Waals surface area (Å²) in [5.74, 6) is 0. The molecule has 0 spiro atoms. The van der Waals surface area contributed by atoms with Crippen LogP contribution in [0.4, 0.5) is 0 Å². The Bertz CT molecular complexity index is 153. The maximum atomic E-state index is 5.59. The fourth-order valence-corrected chi connectivity index (χ4v) is 1.67. The van der Waals surface area contributed by atoms with Gasteiger partial charge in [-0.2, -0.15) is 0 Å². The molecule has 0 unspecified atom stereocenters. The Morgan fingerprint density at radius 3 is 2.00 bits per heavy atom. The second-order valence-electron chi connectivity index (χ2n) is 4.94. The third-order valence-electron chi connectivity index (χ3n) is 2.98. The van der Waals surface area contributed by atoms with Crippen LogP contribution >= 0.6 is 0 Å². The maximum Gasteiger partial charge on any atom is 0.0593 e. The van der Waals surface area contributed by atoms with Gasteiger partial charge in [0, 0.05) is 32.9 Å². The molecule has 110 valence electrons. The smallest absolute Gasteiger partial charge is 0.0593 e. The molecule has 18 heavy (non-hydrogen) atoms. The van der Waals surface area contributed by atoms with E-state index in [1.54, 1.807) is 0 Å². The first-order chi connectivity index (χ1) is 8.81. The van der Waals surface area contributed by atoms with E-state index in [0.29, 0.717) is 0 Å². The van der Waals surface area contributed by atoms with Gasteiger partial charge in [-0.05, 0) is 26.3 Å². The SMILES string of the molecule is CCCCCOCCCN(C)CCOCCCC. The lowest BCUT2D eigenvalue weighted by atomic mass is 10.3. The Morgan fingerprint density at radius 2 is 1.28 bits per heavy atom. The highest BCUT2D eigenvalue weighted by Gasteiger charge is 1.98. The summed E-state index contributed by atoms with van der Waals surface area (Å²) >= 11 is 0. The Hall–Kier alpha value is -0.120. The fourth-order valence-electron chi connectivity index (χ4n) is 1.67. The van der Waals surface area contributed by atoms with Crippen LogP contribution in [0.2, 0.25) is 0 Å². The molecule has 0 aliphatic rings. The van der Waals surface area contributed by atoms with Gasteiger partial charge in [-0.25, -0.2) is 0 Å². The van der Waals surface area contributed by atoms with Gasteiger partial charge in [-0.3, -0.25) is 0 Å². The minimum absolute atomic E-state index is 0.855. The van der Waals surface area contributed by atoms with Gasteiger partial charge in [0.05, 0.1) is 6.61 Å². The third kappa shape index (κ3) is 13.9. The predicted octanol–water partition coefficient (Wildman–Crippen LogP) is 3.33. The number of ether oxygens (including phenoxy) is 2. The monoisotopic (exact) mass is 259 g/mol. The van der Waals surface area contributed by atoms with Crippen molar-refractivity contribution in [2.24, 2.45) is 0 Å². The summed E-state index contributed by atoms with van der Waals surface area (Å²) in [6.45, 7) is 10.1. The molecule has 0 saturated heterocycles. The molecule has 0 N–H and O–H groups in total. The van der Waals surface area contributed by atoms with Crippen LogP contribution in [0.15, 0.2) is 0 Å². The molecule has 0 saturated carbocycles. The summed E-state index contributed by atoms with van der Waals surface area (Å²) in [6, 6.07) is 0. The van der Waals surface area contributed by atoms with Crippen molar-refractivity contribution in [2.45, 2.75) is 52.4 Å². The first-order valence-corrected chi connectivity index (χ1v) is 7.65. The topological polar surface area (TPSA) is 21.7 Å². The van der Waals surface area contributed by atoms with E-state index in [-0.39, 0.29) is 0 Å². The first-order valence-electron chi connectivity index (χ1n) is 7.65. The van der Waals surface area contributed by atoms with Crippen molar-refractivity contribution in [3.8, 4) is 0 Å². The Labute approximate surface area is 114 Å². The van der Waals surface area contributed by atoms with Crippen molar-refractivity contribution in [2.75, 3.05) is 46.6 Å². The highest BCUT2D eigenvalue weighted by Crippen LogP contribution is 1.96. The zero-order valence-electron chi connectivity index (χ0n) is 12.7. The number of likely N-dealkylation sites (N-methyl/N-ethyl adjacent to an activating group) is 1.